The molecule has 1 aromatic rings. The number of fused-ring (bicyclic) bond motifs is 1. The van der Waals surface area contributed by atoms with Crippen molar-refractivity contribution >= 4 is 5.69 Å². The lowest BCUT2D eigenvalue weighted by atomic mass is 10.0. The van der Waals surface area contributed by atoms with E-state index < -0.39 is 0 Å². The second kappa shape index (κ2) is 5.09. The van der Waals surface area contributed by atoms with Crippen LogP contribution in [0.25, 0.3) is 0 Å². The van der Waals surface area contributed by atoms with Crippen LogP contribution in [0.15, 0.2) is 24.3 Å². The van der Waals surface area contributed by atoms with Crippen molar-refractivity contribution in [3.05, 3.63) is 29.8 Å². The lowest BCUT2D eigenvalue weighted by molar-refractivity contribution is 0.416. The summed E-state index contributed by atoms with van der Waals surface area (Å²) in [6, 6.07) is 9.99. The Labute approximate surface area is 105 Å². The number of likely N-dealkylation sites (N-methyl/N-ethyl adjacent to an activating group) is 1. The zero-order chi connectivity index (χ0) is 12.4. The van der Waals surface area contributed by atoms with Crippen molar-refractivity contribution in [3.8, 4) is 0 Å². The summed E-state index contributed by atoms with van der Waals surface area (Å²) in [6.45, 7) is 8.00. The van der Waals surface area contributed by atoms with Gasteiger partial charge in [-0.1, -0.05) is 32.0 Å². The van der Waals surface area contributed by atoms with Crippen LogP contribution in [0.5, 0.6) is 0 Å². The van der Waals surface area contributed by atoms with Crippen LogP contribution in [-0.2, 0) is 6.42 Å². The highest BCUT2D eigenvalue weighted by Crippen LogP contribution is 2.32. The summed E-state index contributed by atoms with van der Waals surface area (Å²) >= 11 is 0. The van der Waals surface area contributed by atoms with Crippen LogP contribution < -0.4 is 10.2 Å². The molecule has 1 N–H and O–H groups in total. The highest BCUT2D eigenvalue weighted by atomic mass is 15.2. The van der Waals surface area contributed by atoms with Crippen LogP contribution in [0.3, 0.4) is 0 Å². The fraction of sp³-hybridized carbons (Fsp3) is 0.600. The smallest absolute Gasteiger partial charge is 0.0402 e. The van der Waals surface area contributed by atoms with E-state index in [-0.39, 0.29) is 0 Å². The average molecular weight is 232 g/mol. The summed E-state index contributed by atoms with van der Waals surface area (Å²) in [6.07, 6.45) is 1.19. The van der Waals surface area contributed by atoms with Gasteiger partial charge in [0.2, 0.25) is 0 Å². The van der Waals surface area contributed by atoms with Crippen molar-refractivity contribution in [3.63, 3.8) is 0 Å². The zero-order valence-electron chi connectivity index (χ0n) is 11.4. The van der Waals surface area contributed by atoms with E-state index in [9.17, 15) is 0 Å². The minimum Gasteiger partial charge on any atom is -0.367 e. The van der Waals surface area contributed by atoms with E-state index in [0.29, 0.717) is 18.0 Å². The molecule has 2 heteroatoms. The summed E-state index contributed by atoms with van der Waals surface area (Å²) in [7, 11) is 2.07. The molecular formula is C15H24N2. The van der Waals surface area contributed by atoms with Gasteiger partial charge in [0.1, 0.15) is 0 Å². The van der Waals surface area contributed by atoms with Crippen molar-refractivity contribution < 1.29 is 0 Å². The number of anilines is 1. The Kier molecular flexibility index (Phi) is 3.72. The van der Waals surface area contributed by atoms with Crippen LogP contribution in [0, 0.1) is 5.92 Å². The molecule has 0 fully saturated rings. The first-order chi connectivity index (χ1) is 8.13. The van der Waals surface area contributed by atoms with Crippen LogP contribution in [0.4, 0.5) is 5.69 Å². The van der Waals surface area contributed by atoms with Crippen LogP contribution >= 0.6 is 0 Å². The van der Waals surface area contributed by atoms with E-state index in [1.54, 1.807) is 0 Å². The first kappa shape index (κ1) is 12.4. The molecule has 2 rings (SSSR count). The molecule has 0 radical (unpaired) electrons. The van der Waals surface area contributed by atoms with E-state index in [1.807, 2.05) is 0 Å². The molecule has 0 saturated carbocycles. The maximum Gasteiger partial charge on any atom is 0.0402 e. The predicted molar refractivity (Wildman–Crippen MR) is 74.6 cm³/mol. The minimum atomic E-state index is 0.559. The number of para-hydroxylation sites is 1. The van der Waals surface area contributed by atoms with Crippen molar-refractivity contribution in [1.82, 2.24) is 5.32 Å². The van der Waals surface area contributed by atoms with E-state index in [0.717, 1.165) is 6.54 Å². The van der Waals surface area contributed by atoms with Gasteiger partial charge < -0.3 is 10.2 Å². The Hall–Kier alpha value is -1.02. The standard InChI is InChI=1S/C15H24N2/c1-11(2)14(16-4)10-17-12(3)9-13-7-5-6-8-15(13)17/h5-8,11-12,14,16H,9-10H2,1-4H3. The average Bonchev–Trinajstić information content (AvgIpc) is 2.61. The van der Waals surface area contributed by atoms with E-state index >= 15 is 0 Å². The van der Waals surface area contributed by atoms with Gasteiger partial charge in [-0.3, -0.25) is 0 Å². The molecule has 1 aromatic carbocycles. The Bertz CT molecular complexity index is 373. The molecule has 17 heavy (non-hydrogen) atoms. The second-order valence-corrected chi connectivity index (χ2v) is 5.47. The third-order valence-corrected chi connectivity index (χ3v) is 3.92. The first-order valence-electron chi connectivity index (χ1n) is 6.65. The van der Waals surface area contributed by atoms with Gasteiger partial charge in [0, 0.05) is 24.3 Å². The third-order valence-electron chi connectivity index (χ3n) is 3.92. The van der Waals surface area contributed by atoms with Gasteiger partial charge in [-0.25, -0.2) is 0 Å². The number of hydrogen-bond acceptors (Lipinski definition) is 2. The maximum absolute atomic E-state index is 3.44. The quantitative estimate of drug-likeness (QED) is 0.858. The molecule has 2 unspecified atom stereocenters. The highest BCUT2D eigenvalue weighted by Gasteiger charge is 2.27. The summed E-state index contributed by atoms with van der Waals surface area (Å²) < 4.78 is 0. The van der Waals surface area contributed by atoms with Crippen LogP contribution in [0.2, 0.25) is 0 Å². The molecule has 2 atom stereocenters. The molecule has 0 spiro atoms. The largest absolute Gasteiger partial charge is 0.367 e. The van der Waals surface area contributed by atoms with Crippen LogP contribution in [-0.4, -0.2) is 25.7 Å². The molecule has 0 amide bonds. The molecule has 1 aliphatic rings. The van der Waals surface area contributed by atoms with Crippen molar-refractivity contribution in [2.45, 2.75) is 39.3 Å². The molecule has 0 saturated heterocycles. The number of hydrogen-bond donors (Lipinski definition) is 1. The number of nitrogens with one attached hydrogen (secondary N) is 1. The van der Waals surface area contributed by atoms with Gasteiger partial charge in [0.25, 0.3) is 0 Å². The van der Waals surface area contributed by atoms with Crippen molar-refractivity contribution in [2.75, 3.05) is 18.5 Å². The number of rotatable bonds is 4. The lowest BCUT2D eigenvalue weighted by Crippen LogP contribution is -2.44. The van der Waals surface area contributed by atoms with Gasteiger partial charge in [-0.2, -0.15) is 0 Å². The van der Waals surface area contributed by atoms with E-state index in [2.05, 4.69) is 62.3 Å². The minimum absolute atomic E-state index is 0.559. The predicted octanol–water partition coefficient (Wildman–Crippen LogP) is 2.68. The molecule has 1 heterocycles. The summed E-state index contributed by atoms with van der Waals surface area (Å²) in [5, 5.41) is 3.44. The number of nitrogens with zero attached hydrogens (tertiary/aromatic N) is 1. The monoisotopic (exact) mass is 232 g/mol. The van der Waals surface area contributed by atoms with Gasteiger partial charge in [-0.15, -0.1) is 0 Å². The SMILES string of the molecule is CNC(CN1c2ccccc2CC1C)C(C)C. The van der Waals surface area contributed by atoms with Gasteiger partial charge >= 0.3 is 0 Å². The molecule has 1 aliphatic heterocycles. The summed E-state index contributed by atoms with van der Waals surface area (Å²) in [5.74, 6) is 0.667. The van der Waals surface area contributed by atoms with Gasteiger partial charge in [0.15, 0.2) is 0 Å². The zero-order valence-corrected chi connectivity index (χ0v) is 11.4. The van der Waals surface area contributed by atoms with Crippen molar-refractivity contribution in [2.24, 2.45) is 5.92 Å². The topological polar surface area (TPSA) is 15.3 Å². The Morgan fingerprint density at radius 2 is 2.06 bits per heavy atom. The molecule has 2 nitrogen and oxygen atoms in total. The molecule has 0 aliphatic carbocycles. The lowest BCUT2D eigenvalue weighted by Gasteiger charge is -2.31. The Balaban J connectivity index is 2.16. The van der Waals surface area contributed by atoms with Crippen LogP contribution in [0.1, 0.15) is 26.3 Å². The fourth-order valence-corrected chi connectivity index (χ4v) is 2.76. The van der Waals surface area contributed by atoms with Gasteiger partial charge in [-0.05, 0) is 37.9 Å². The number of benzene rings is 1. The maximum atomic E-state index is 3.44. The molecule has 94 valence electrons. The summed E-state index contributed by atoms with van der Waals surface area (Å²) in [4.78, 5) is 2.55. The molecular weight excluding hydrogens is 208 g/mol. The fourth-order valence-electron chi connectivity index (χ4n) is 2.76. The molecule has 0 aromatic heterocycles. The van der Waals surface area contributed by atoms with E-state index in [1.165, 1.54) is 17.7 Å². The third kappa shape index (κ3) is 2.47. The van der Waals surface area contributed by atoms with Gasteiger partial charge in [0.05, 0.1) is 0 Å². The highest BCUT2D eigenvalue weighted by molar-refractivity contribution is 5.59. The Morgan fingerprint density at radius 3 is 2.71 bits per heavy atom. The normalized spacial score (nSPS) is 20.8. The first-order valence-corrected chi connectivity index (χ1v) is 6.65. The Morgan fingerprint density at radius 1 is 1.35 bits per heavy atom. The summed E-state index contributed by atoms with van der Waals surface area (Å²) in [5.41, 5.74) is 2.93. The molecule has 0 bridgehead atoms. The van der Waals surface area contributed by atoms with E-state index in [4.69, 9.17) is 0 Å². The van der Waals surface area contributed by atoms with Crippen molar-refractivity contribution in [1.29, 1.82) is 0 Å². The second-order valence-electron chi connectivity index (χ2n) is 5.47.